The van der Waals surface area contributed by atoms with Gasteiger partial charge in [0, 0.05) is 23.9 Å². The van der Waals surface area contributed by atoms with Crippen LogP contribution >= 0.6 is 0 Å². The third kappa shape index (κ3) is 4.12. The molecule has 144 valence electrons. The number of benzene rings is 2. The molecular formula is C22H23N3O3. The van der Waals surface area contributed by atoms with Crippen LogP contribution in [0.25, 0.3) is 11.0 Å². The number of hydrogen-bond donors (Lipinski definition) is 1. The number of aromatic nitrogens is 2. The van der Waals surface area contributed by atoms with Crippen LogP contribution < -0.4 is 10.1 Å². The van der Waals surface area contributed by atoms with Gasteiger partial charge in [0.2, 0.25) is 0 Å². The number of aryl methyl sites for hydroxylation is 2. The Morgan fingerprint density at radius 3 is 2.75 bits per heavy atom. The Hall–Kier alpha value is -2.99. The van der Waals surface area contributed by atoms with Gasteiger partial charge in [-0.1, -0.05) is 6.07 Å². The molecule has 2 heterocycles. The molecule has 2 aromatic carbocycles. The molecule has 0 unspecified atom stereocenters. The van der Waals surface area contributed by atoms with Crippen molar-refractivity contribution in [1.29, 1.82) is 0 Å². The summed E-state index contributed by atoms with van der Waals surface area (Å²) in [5.41, 5.74) is 4.47. The number of rotatable bonds is 5. The van der Waals surface area contributed by atoms with Crippen LogP contribution in [0.2, 0.25) is 0 Å². The first-order valence-corrected chi connectivity index (χ1v) is 9.49. The fourth-order valence-corrected chi connectivity index (χ4v) is 3.20. The number of ether oxygens (including phenoxy) is 2. The van der Waals surface area contributed by atoms with Crippen molar-refractivity contribution in [2.75, 3.05) is 18.5 Å². The molecule has 0 spiro atoms. The lowest BCUT2D eigenvalue weighted by atomic mass is 10.1. The molecule has 1 atom stereocenters. The monoisotopic (exact) mass is 377 g/mol. The zero-order valence-electron chi connectivity index (χ0n) is 16.1. The number of fused-ring (bicyclic) bond motifs is 1. The van der Waals surface area contributed by atoms with E-state index in [1.165, 1.54) is 0 Å². The molecule has 6 heteroatoms. The molecule has 1 N–H and O–H groups in total. The predicted molar refractivity (Wildman–Crippen MR) is 108 cm³/mol. The van der Waals surface area contributed by atoms with E-state index < -0.39 is 0 Å². The molecule has 3 aromatic rings. The Morgan fingerprint density at radius 2 is 1.96 bits per heavy atom. The average Bonchev–Trinajstić information content (AvgIpc) is 3.21. The number of nitrogens with zero attached hydrogens (tertiary/aromatic N) is 2. The van der Waals surface area contributed by atoms with Gasteiger partial charge in [-0.3, -0.25) is 4.79 Å². The Bertz CT molecular complexity index is 1010. The third-order valence-corrected chi connectivity index (χ3v) is 4.89. The average molecular weight is 377 g/mol. The van der Waals surface area contributed by atoms with Gasteiger partial charge in [-0.15, -0.1) is 0 Å². The van der Waals surface area contributed by atoms with Crippen LogP contribution in [-0.2, 0) is 4.74 Å². The molecule has 1 fully saturated rings. The lowest BCUT2D eigenvalue weighted by Gasteiger charge is -2.12. The minimum absolute atomic E-state index is 0.157. The van der Waals surface area contributed by atoms with Gasteiger partial charge in [-0.2, -0.15) is 0 Å². The second-order valence-corrected chi connectivity index (χ2v) is 7.03. The molecule has 1 amide bonds. The number of hydrogen-bond acceptors (Lipinski definition) is 5. The van der Waals surface area contributed by atoms with Gasteiger partial charge >= 0.3 is 0 Å². The molecule has 6 nitrogen and oxygen atoms in total. The SMILES string of the molecule is Cc1nc2ccc(C(=O)Nc3cccc(OC[C@@H]4CCCO4)c3)cc2nc1C. The summed E-state index contributed by atoms with van der Waals surface area (Å²) in [6, 6.07) is 12.7. The molecule has 1 aliphatic rings. The Balaban J connectivity index is 1.46. The summed E-state index contributed by atoms with van der Waals surface area (Å²) in [7, 11) is 0. The van der Waals surface area contributed by atoms with E-state index >= 15 is 0 Å². The minimum Gasteiger partial charge on any atom is -0.491 e. The van der Waals surface area contributed by atoms with Gasteiger partial charge in [0.15, 0.2) is 0 Å². The van der Waals surface area contributed by atoms with Crippen molar-refractivity contribution in [2.24, 2.45) is 0 Å². The van der Waals surface area contributed by atoms with E-state index in [9.17, 15) is 4.79 Å². The lowest BCUT2D eigenvalue weighted by molar-refractivity contribution is 0.0680. The van der Waals surface area contributed by atoms with Gasteiger partial charge in [0.25, 0.3) is 5.91 Å². The first-order valence-electron chi connectivity index (χ1n) is 9.49. The quantitative estimate of drug-likeness (QED) is 0.726. The topological polar surface area (TPSA) is 73.3 Å². The fraction of sp³-hybridized carbons (Fsp3) is 0.318. The van der Waals surface area contributed by atoms with Crippen LogP contribution in [0.5, 0.6) is 5.75 Å². The number of carbonyl (C=O) groups excluding carboxylic acids is 1. The fourth-order valence-electron chi connectivity index (χ4n) is 3.20. The zero-order chi connectivity index (χ0) is 19.5. The van der Waals surface area contributed by atoms with Crippen molar-refractivity contribution in [3.63, 3.8) is 0 Å². The summed E-state index contributed by atoms with van der Waals surface area (Å²) in [6.45, 7) is 5.17. The standard InChI is InChI=1S/C22H23N3O3/c1-14-15(2)24-21-11-16(8-9-20(21)23-14)22(26)25-17-5-3-6-18(12-17)28-13-19-7-4-10-27-19/h3,5-6,8-9,11-12,19H,4,7,10,13H2,1-2H3,(H,25,26)/t19-/m0/s1. The van der Waals surface area contributed by atoms with E-state index in [-0.39, 0.29) is 12.0 Å². The molecule has 1 aliphatic heterocycles. The second kappa shape index (κ2) is 7.94. The van der Waals surface area contributed by atoms with Crippen LogP contribution in [0.15, 0.2) is 42.5 Å². The molecule has 0 radical (unpaired) electrons. The van der Waals surface area contributed by atoms with Crippen molar-refractivity contribution in [2.45, 2.75) is 32.8 Å². The van der Waals surface area contributed by atoms with Crippen LogP contribution in [0.4, 0.5) is 5.69 Å². The summed E-state index contributed by atoms with van der Waals surface area (Å²) in [5.74, 6) is 0.516. The summed E-state index contributed by atoms with van der Waals surface area (Å²) < 4.78 is 11.4. The number of anilines is 1. The smallest absolute Gasteiger partial charge is 0.255 e. The van der Waals surface area contributed by atoms with Crippen LogP contribution in [0.3, 0.4) is 0 Å². The van der Waals surface area contributed by atoms with Crippen molar-refractivity contribution >= 4 is 22.6 Å². The highest BCUT2D eigenvalue weighted by atomic mass is 16.5. The molecule has 28 heavy (non-hydrogen) atoms. The highest BCUT2D eigenvalue weighted by Gasteiger charge is 2.16. The number of nitrogens with one attached hydrogen (secondary N) is 1. The van der Waals surface area contributed by atoms with Crippen molar-refractivity contribution in [1.82, 2.24) is 9.97 Å². The third-order valence-electron chi connectivity index (χ3n) is 4.89. The van der Waals surface area contributed by atoms with Gasteiger partial charge in [-0.05, 0) is 57.0 Å². The normalized spacial score (nSPS) is 16.3. The summed E-state index contributed by atoms with van der Waals surface area (Å²) in [6.07, 6.45) is 2.27. The molecule has 4 rings (SSSR count). The van der Waals surface area contributed by atoms with Gasteiger partial charge in [0.05, 0.1) is 28.5 Å². The van der Waals surface area contributed by atoms with Crippen molar-refractivity contribution in [3.8, 4) is 5.75 Å². The first-order chi connectivity index (χ1) is 13.6. The maximum atomic E-state index is 12.7. The van der Waals surface area contributed by atoms with Gasteiger partial charge in [0.1, 0.15) is 12.4 Å². The second-order valence-electron chi connectivity index (χ2n) is 7.03. The summed E-state index contributed by atoms with van der Waals surface area (Å²) >= 11 is 0. The Labute approximate surface area is 163 Å². The van der Waals surface area contributed by atoms with Crippen molar-refractivity contribution in [3.05, 3.63) is 59.4 Å². The van der Waals surface area contributed by atoms with Crippen LogP contribution in [0, 0.1) is 13.8 Å². The summed E-state index contributed by atoms with van der Waals surface area (Å²) in [5, 5.41) is 2.92. The van der Waals surface area contributed by atoms with E-state index in [0.717, 1.165) is 36.4 Å². The maximum Gasteiger partial charge on any atom is 0.255 e. The van der Waals surface area contributed by atoms with E-state index in [1.54, 1.807) is 12.1 Å². The van der Waals surface area contributed by atoms with Gasteiger partial charge < -0.3 is 14.8 Å². The largest absolute Gasteiger partial charge is 0.491 e. The molecular weight excluding hydrogens is 354 g/mol. The van der Waals surface area contributed by atoms with E-state index in [0.29, 0.717) is 29.1 Å². The van der Waals surface area contributed by atoms with Crippen LogP contribution in [-0.4, -0.2) is 35.2 Å². The molecule has 0 aliphatic carbocycles. The highest BCUT2D eigenvalue weighted by molar-refractivity contribution is 6.05. The molecule has 0 bridgehead atoms. The van der Waals surface area contributed by atoms with E-state index in [1.807, 2.05) is 44.2 Å². The van der Waals surface area contributed by atoms with E-state index in [2.05, 4.69) is 15.3 Å². The molecule has 0 saturated carbocycles. The minimum atomic E-state index is -0.196. The Kier molecular flexibility index (Phi) is 5.21. The lowest BCUT2D eigenvalue weighted by Crippen LogP contribution is -2.16. The van der Waals surface area contributed by atoms with Crippen LogP contribution in [0.1, 0.15) is 34.6 Å². The van der Waals surface area contributed by atoms with E-state index in [4.69, 9.17) is 9.47 Å². The van der Waals surface area contributed by atoms with Gasteiger partial charge in [-0.25, -0.2) is 9.97 Å². The zero-order valence-corrected chi connectivity index (χ0v) is 16.1. The molecule has 1 saturated heterocycles. The maximum absolute atomic E-state index is 12.7. The predicted octanol–water partition coefficient (Wildman–Crippen LogP) is 4.06. The van der Waals surface area contributed by atoms with Crippen molar-refractivity contribution < 1.29 is 14.3 Å². The number of carbonyl (C=O) groups is 1. The first kappa shape index (κ1) is 18.4. The number of amides is 1. The Morgan fingerprint density at radius 1 is 1.14 bits per heavy atom. The summed E-state index contributed by atoms with van der Waals surface area (Å²) in [4.78, 5) is 21.7. The molecule has 1 aromatic heterocycles. The highest BCUT2D eigenvalue weighted by Crippen LogP contribution is 2.21.